The Hall–Kier alpha value is -1.14. The van der Waals surface area contributed by atoms with E-state index in [0.717, 1.165) is 29.9 Å². The number of carbonyl (C=O) groups is 1. The fraction of sp³-hybridized carbons (Fsp3) is 0.667. The number of hydrogen-bond acceptors (Lipinski definition) is 4. The zero-order chi connectivity index (χ0) is 13.3. The van der Waals surface area contributed by atoms with E-state index in [1.165, 1.54) is 9.47 Å². The van der Waals surface area contributed by atoms with Crippen LogP contribution in [0.3, 0.4) is 0 Å². The summed E-state index contributed by atoms with van der Waals surface area (Å²) in [5.74, 6) is 0.212. The standard InChI is InChI=1S/C12H18N2O3S/c1-8-7-18-12(17)14(8)6-11(16)13(2)5-10(15)9-3-4-9/h7,9-10,15H,3-6H2,1-2H3. The predicted molar refractivity (Wildman–Crippen MR) is 69.7 cm³/mol. The summed E-state index contributed by atoms with van der Waals surface area (Å²) in [6.45, 7) is 2.22. The van der Waals surface area contributed by atoms with Crippen LogP contribution in [0.4, 0.5) is 0 Å². The number of nitrogens with zero attached hydrogens (tertiary/aromatic N) is 2. The van der Waals surface area contributed by atoms with Crippen molar-refractivity contribution in [3.8, 4) is 0 Å². The number of hydrogen-bond donors (Lipinski definition) is 1. The van der Waals surface area contributed by atoms with Gasteiger partial charge in [0.25, 0.3) is 0 Å². The van der Waals surface area contributed by atoms with Crippen molar-refractivity contribution in [1.82, 2.24) is 9.47 Å². The summed E-state index contributed by atoms with van der Waals surface area (Å²) < 4.78 is 1.47. The minimum atomic E-state index is -0.431. The molecule has 1 N–H and O–H groups in total. The Bertz CT molecular complexity index is 490. The monoisotopic (exact) mass is 270 g/mol. The molecule has 1 saturated carbocycles. The smallest absolute Gasteiger partial charge is 0.307 e. The Kier molecular flexibility index (Phi) is 3.87. The van der Waals surface area contributed by atoms with Crippen molar-refractivity contribution >= 4 is 17.2 Å². The molecule has 1 unspecified atom stereocenters. The van der Waals surface area contributed by atoms with E-state index in [1.54, 1.807) is 12.4 Å². The lowest BCUT2D eigenvalue weighted by atomic mass is 10.2. The van der Waals surface area contributed by atoms with Crippen LogP contribution in [0.1, 0.15) is 18.5 Å². The van der Waals surface area contributed by atoms with Gasteiger partial charge in [0.15, 0.2) is 0 Å². The third-order valence-electron chi connectivity index (χ3n) is 3.32. The second kappa shape index (κ2) is 5.24. The summed E-state index contributed by atoms with van der Waals surface area (Å²) in [6, 6.07) is 0. The first-order valence-electron chi connectivity index (χ1n) is 6.06. The highest BCUT2D eigenvalue weighted by molar-refractivity contribution is 7.07. The van der Waals surface area contributed by atoms with Gasteiger partial charge in [0.2, 0.25) is 5.91 Å². The van der Waals surface area contributed by atoms with Gasteiger partial charge in [-0.1, -0.05) is 11.3 Å². The first-order valence-corrected chi connectivity index (χ1v) is 6.94. The number of aromatic nitrogens is 1. The van der Waals surface area contributed by atoms with Gasteiger partial charge >= 0.3 is 4.87 Å². The molecule has 1 aliphatic rings. The van der Waals surface area contributed by atoms with E-state index in [2.05, 4.69) is 0 Å². The first-order chi connectivity index (χ1) is 8.49. The maximum absolute atomic E-state index is 12.0. The Morgan fingerprint density at radius 3 is 2.83 bits per heavy atom. The Morgan fingerprint density at radius 1 is 1.67 bits per heavy atom. The van der Waals surface area contributed by atoms with Gasteiger partial charge in [-0.2, -0.15) is 0 Å². The topological polar surface area (TPSA) is 62.5 Å². The molecule has 100 valence electrons. The summed E-state index contributed by atoms with van der Waals surface area (Å²) >= 11 is 1.10. The number of thiazole rings is 1. The summed E-state index contributed by atoms with van der Waals surface area (Å²) in [6.07, 6.45) is 1.66. The van der Waals surface area contributed by atoms with Crippen molar-refractivity contribution in [3.05, 3.63) is 20.7 Å². The second-order valence-electron chi connectivity index (χ2n) is 4.91. The number of aliphatic hydroxyl groups is 1. The molecule has 2 rings (SSSR count). The van der Waals surface area contributed by atoms with Gasteiger partial charge in [-0.15, -0.1) is 0 Å². The van der Waals surface area contributed by atoms with Crippen LogP contribution in [0.15, 0.2) is 10.2 Å². The van der Waals surface area contributed by atoms with Gasteiger partial charge in [0.05, 0.1) is 6.10 Å². The van der Waals surface area contributed by atoms with E-state index in [1.807, 2.05) is 6.92 Å². The lowest BCUT2D eigenvalue weighted by molar-refractivity contribution is -0.132. The van der Waals surface area contributed by atoms with Gasteiger partial charge in [-0.25, -0.2) is 0 Å². The van der Waals surface area contributed by atoms with Crippen molar-refractivity contribution < 1.29 is 9.90 Å². The van der Waals surface area contributed by atoms with Gasteiger partial charge in [-0.05, 0) is 25.7 Å². The maximum atomic E-state index is 12.0. The number of likely N-dealkylation sites (N-methyl/N-ethyl adjacent to an activating group) is 1. The molecule has 5 nitrogen and oxygen atoms in total. The lowest BCUT2D eigenvalue weighted by Gasteiger charge is -2.21. The van der Waals surface area contributed by atoms with Crippen LogP contribution in [0.2, 0.25) is 0 Å². The molecule has 0 spiro atoms. The molecule has 0 bridgehead atoms. The summed E-state index contributed by atoms with van der Waals surface area (Å²) in [4.78, 5) is 24.8. The Labute approximate surface area is 110 Å². The summed E-state index contributed by atoms with van der Waals surface area (Å²) in [5.41, 5.74) is 0.800. The summed E-state index contributed by atoms with van der Waals surface area (Å²) in [7, 11) is 1.67. The molecule has 1 heterocycles. The molecule has 0 radical (unpaired) electrons. The van der Waals surface area contributed by atoms with Crippen molar-refractivity contribution in [2.45, 2.75) is 32.4 Å². The van der Waals surface area contributed by atoms with Crippen LogP contribution in [0.5, 0.6) is 0 Å². The molecule has 1 aromatic rings. The fourth-order valence-corrected chi connectivity index (χ4v) is 2.60. The average molecular weight is 270 g/mol. The highest BCUT2D eigenvalue weighted by atomic mass is 32.1. The Morgan fingerprint density at radius 2 is 2.33 bits per heavy atom. The zero-order valence-corrected chi connectivity index (χ0v) is 11.4. The molecule has 0 aliphatic heterocycles. The molecular weight excluding hydrogens is 252 g/mol. The van der Waals surface area contributed by atoms with Gasteiger partial charge < -0.3 is 10.0 Å². The molecule has 0 saturated heterocycles. The highest BCUT2D eigenvalue weighted by Crippen LogP contribution is 2.32. The van der Waals surface area contributed by atoms with E-state index < -0.39 is 6.10 Å². The average Bonchev–Trinajstić information content (AvgIpc) is 3.11. The minimum Gasteiger partial charge on any atom is -0.391 e. The quantitative estimate of drug-likeness (QED) is 0.845. The number of amides is 1. The normalized spacial score (nSPS) is 16.6. The van der Waals surface area contributed by atoms with Gasteiger partial charge in [0.1, 0.15) is 6.54 Å². The molecular formula is C12H18N2O3S. The minimum absolute atomic E-state index is 0.0576. The fourth-order valence-electron chi connectivity index (χ4n) is 1.86. The molecule has 18 heavy (non-hydrogen) atoms. The predicted octanol–water partition coefficient (Wildman–Crippen LogP) is 0.448. The molecule has 1 fully saturated rings. The first kappa shape index (κ1) is 13.3. The largest absolute Gasteiger partial charge is 0.391 e. The molecule has 0 aromatic carbocycles. The van der Waals surface area contributed by atoms with Crippen LogP contribution < -0.4 is 4.87 Å². The third-order valence-corrected chi connectivity index (χ3v) is 4.20. The van der Waals surface area contributed by atoms with Crippen LogP contribution in [0, 0.1) is 12.8 Å². The van der Waals surface area contributed by atoms with Crippen LogP contribution >= 0.6 is 11.3 Å². The van der Waals surface area contributed by atoms with E-state index >= 15 is 0 Å². The molecule has 6 heteroatoms. The van der Waals surface area contributed by atoms with Crippen molar-refractivity contribution in [1.29, 1.82) is 0 Å². The van der Waals surface area contributed by atoms with Gasteiger partial charge in [0, 0.05) is 24.7 Å². The Balaban J connectivity index is 1.92. The van der Waals surface area contributed by atoms with E-state index in [0.29, 0.717) is 12.5 Å². The number of carbonyl (C=O) groups excluding carboxylic acids is 1. The third kappa shape index (κ3) is 3.00. The zero-order valence-electron chi connectivity index (χ0n) is 10.6. The number of aliphatic hydroxyl groups excluding tert-OH is 1. The van der Waals surface area contributed by atoms with Crippen molar-refractivity contribution in [2.24, 2.45) is 5.92 Å². The van der Waals surface area contributed by atoms with Crippen molar-refractivity contribution in [3.63, 3.8) is 0 Å². The molecule has 1 aliphatic carbocycles. The van der Waals surface area contributed by atoms with Crippen molar-refractivity contribution in [2.75, 3.05) is 13.6 Å². The number of aryl methyl sites for hydroxylation is 1. The van der Waals surface area contributed by atoms with Crippen LogP contribution in [0.25, 0.3) is 0 Å². The van der Waals surface area contributed by atoms with E-state index in [9.17, 15) is 14.7 Å². The molecule has 1 amide bonds. The van der Waals surface area contributed by atoms with Gasteiger partial charge in [-0.3, -0.25) is 14.2 Å². The highest BCUT2D eigenvalue weighted by Gasteiger charge is 2.31. The van der Waals surface area contributed by atoms with Crippen LogP contribution in [-0.4, -0.2) is 40.2 Å². The summed E-state index contributed by atoms with van der Waals surface area (Å²) in [5, 5.41) is 11.5. The van der Waals surface area contributed by atoms with E-state index in [4.69, 9.17) is 0 Å². The second-order valence-corrected chi connectivity index (χ2v) is 5.73. The molecule has 1 atom stereocenters. The van der Waals surface area contributed by atoms with E-state index in [-0.39, 0.29) is 17.3 Å². The molecule has 1 aromatic heterocycles. The lowest BCUT2D eigenvalue weighted by Crippen LogP contribution is -2.38. The maximum Gasteiger partial charge on any atom is 0.307 e. The number of rotatable bonds is 5. The SMILES string of the molecule is Cc1csc(=O)n1CC(=O)N(C)CC(O)C1CC1. The van der Waals surface area contributed by atoms with Crippen LogP contribution in [-0.2, 0) is 11.3 Å².